The topological polar surface area (TPSA) is 83.5 Å². The maximum atomic E-state index is 14.4. The minimum atomic E-state index is -0.470. The Morgan fingerprint density at radius 3 is 2.52 bits per heavy atom. The number of nitrogens with zero attached hydrogens (tertiary/aromatic N) is 3. The molecule has 1 N–H and O–H groups in total. The van der Waals surface area contributed by atoms with Crippen LogP contribution >= 0.6 is 11.6 Å². The number of nitrogens with one attached hydrogen (secondary N) is 1. The lowest BCUT2D eigenvalue weighted by Crippen LogP contribution is -2.55. The van der Waals surface area contributed by atoms with Crippen molar-refractivity contribution in [2.45, 2.75) is 39.0 Å². The van der Waals surface area contributed by atoms with Gasteiger partial charge in [0, 0.05) is 24.2 Å². The number of aliphatic imine (C=N–C) groups is 1. The van der Waals surface area contributed by atoms with Gasteiger partial charge in [-0.15, -0.1) is 0 Å². The Bertz CT molecular complexity index is 1440. The fourth-order valence-electron chi connectivity index (χ4n) is 5.17. The van der Waals surface area contributed by atoms with Gasteiger partial charge >= 0.3 is 6.03 Å². The molecule has 1 fully saturated rings. The molecule has 0 spiro atoms. The third-order valence-corrected chi connectivity index (χ3v) is 7.22. The van der Waals surface area contributed by atoms with E-state index in [-0.39, 0.29) is 24.6 Å². The minimum Gasteiger partial charge on any atom is -0.497 e. The molecule has 0 bridgehead atoms. The van der Waals surface area contributed by atoms with Crippen LogP contribution in [0.1, 0.15) is 48.2 Å². The van der Waals surface area contributed by atoms with Gasteiger partial charge in [0.15, 0.2) is 0 Å². The molecule has 0 radical (unpaired) electrons. The highest BCUT2D eigenvalue weighted by molar-refractivity contribution is 6.30. The first-order valence-corrected chi connectivity index (χ1v) is 13.7. The fraction of sp³-hybridized carbons (Fsp3) is 0.323. The quantitative estimate of drug-likeness (QED) is 0.429. The summed E-state index contributed by atoms with van der Waals surface area (Å²) in [4.78, 5) is 35.2. The molecule has 3 aromatic carbocycles. The van der Waals surface area contributed by atoms with Crippen LogP contribution in [0, 0.1) is 6.92 Å². The summed E-state index contributed by atoms with van der Waals surface area (Å²) < 4.78 is 11.7. The second-order valence-corrected chi connectivity index (χ2v) is 10.7. The van der Waals surface area contributed by atoms with Crippen molar-refractivity contribution in [3.63, 3.8) is 0 Å². The Balaban J connectivity index is 1.72. The summed E-state index contributed by atoms with van der Waals surface area (Å²) in [6.45, 7) is 6.69. The standard InChI is InChI=1S/C31H33ClN4O4/c1-19(2)40-26-17-24(39-4)12-13-25(26)30-34-28(21-8-10-23(32)11-9-21)29(22-7-5-6-20(3)16-22)36(30)31(38)35-15-14-33-27(37)18-35/h5-13,16-17,19,28-29H,14-15,18H2,1-4H3,(H,33,37)/t28-,29+/m1/s1. The van der Waals surface area contributed by atoms with Crippen LogP contribution in [0.5, 0.6) is 11.5 Å². The Labute approximate surface area is 239 Å². The molecule has 208 valence electrons. The number of methoxy groups -OCH3 is 1. The van der Waals surface area contributed by atoms with E-state index < -0.39 is 12.1 Å². The molecule has 8 nitrogen and oxygen atoms in total. The van der Waals surface area contributed by atoms with Crippen molar-refractivity contribution in [1.82, 2.24) is 15.1 Å². The zero-order valence-electron chi connectivity index (χ0n) is 23.1. The molecule has 3 amide bonds. The van der Waals surface area contributed by atoms with Gasteiger partial charge < -0.3 is 19.7 Å². The highest BCUT2D eigenvalue weighted by atomic mass is 35.5. The van der Waals surface area contributed by atoms with Crippen LogP contribution in [-0.4, -0.2) is 60.4 Å². The Hall–Kier alpha value is -4.04. The van der Waals surface area contributed by atoms with Crippen molar-refractivity contribution >= 4 is 29.4 Å². The van der Waals surface area contributed by atoms with Crippen molar-refractivity contribution < 1.29 is 19.1 Å². The smallest absolute Gasteiger partial charge is 0.326 e. The number of carbonyl (C=O) groups excluding carboxylic acids is 2. The first kappa shape index (κ1) is 27.5. The predicted octanol–water partition coefficient (Wildman–Crippen LogP) is 5.54. The molecule has 40 heavy (non-hydrogen) atoms. The van der Waals surface area contributed by atoms with Crippen LogP contribution < -0.4 is 14.8 Å². The van der Waals surface area contributed by atoms with Gasteiger partial charge in [0.05, 0.1) is 24.8 Å². The number of amidine groups is 1. The lowest BCUT2D eigenvalue weighted by molar-refractivity contribution is -0.123. The molecule has 0 unspecified atom stereocenters. The van der Waals surface area contributed by atoms with Crippen molar-refractivity contribution in [3.8, 4) is 11.5 Å². The minimum absolute atomic E-state index is 0.0211. The molecular weight excluding hydrogens is 528 g/mol. The average molecular weight is 561 g/mol. The van der Waals surface area contributed by atoms with E-state index >= 15 is 0 Å². The summed E-state index contributed by atoms with van der Waals surface area (Å²) >= 11 is 6.24. The molecular formula is C31H33ClN4O4. The normalized spacial score (nSPS) is 18.9. The lowest BCUT2D eigenvalue weighted by atomic mass is 9.93. The molecule has 9 heteroatoms. The molecule has 0 aliphatic carbocycles. The summed E-state index contributed by atoms with van der Waals surface area (Å²) in [5.41, 5.74) is 3.59. The van der Waals surface area contributed by atoms with Gasteiger partial charge in [0.1, 0.15) is 29.9 Å². The number of urea groups is 1. The number of halogens is 1. The Morgan fingerprint density at radius 2 is 1.85 bits per heavy atom. The number of aryl methyl sites for hydroxylation is 1. The molecule has 0 saturated carbocycles. The second-order valence-electron chi connectivity index (χ2n) is 10.3. The highest BCUT2D eigenvalue weighted by Crippen LogP contribution is 2.45. The predicted molar refractivity (Wildman–Crippen MR) is 155 cm³/mol. The van der Waals surface area contributed by atoms with Gasteiger partial charge in [-0.1, -0.05) is 53.6 Å². The van der Waals surface area contributed by atoms with E-state index in [2.05, 4.69) is 11.4 Å². The summed E-state index contributed by atoms with van der Waals surface area (Å²) in [5, 5.41) is 3.42. The highest BCUT2D eigenvalue weighted by Gasteiger charge is 2.45. The van der Waals surface area contributed by atoms with Crippen LogP contribution in [0.15, 0.2) is 71.7 Å². The van der Waals surface area contributed by atoms with E-state index in [0.717, 1.165) is 16.7 Å². The molecule has 2 atom stereocenters. The Kier molecular flexibility index (Phi) is 7.98. The third-order valence-electron chi connectivity index (χ3n) is 6.97. The third kappa shape index (κ3) is 5.63. The number of rotatable bonds is 6. The zero-order chi connectivity index (χ0) is 28.4. The van der Waals surface area contributed by atoms with E-state index in [4.69, 9.17) is 26.1 Å². The number of amides is 3. The van der Waals surface area contributed by atoms with Crippen LogP contribution in [0.3, 0.4) is 0 Å². The second kappa shape index (κ2) is 11.6. The number of hydrogen-bond acceptors (Lipinski definition) is 5. The van der Waals surface area contributed by atoms with E-state index in [9.17, 15) is 9.59 Å². The number of benzene rings is 3. The van der Waals surface area contributed by atoms with E-state index in [1.165, 1.54) is 0 Å². The molecule has 2 aliphatic heterocycles. The number of hydrogen-bond donors (Lipinski definition) is 1. The van der Waals surface area contributed by atoms with E-state index in [1.807, 2.05) is 81.4 Å². The average Bonchev–Trinajstić information content (AvgIpc) is 3.33. The molecule has 3 aromatic rings. The molecule has 2 heterocycles. The fourth-order valence-corrected chi connectivity index (χ4v) is 5.29. The van der Waals surface area contributed by atoms with Gasteiger partial charge in [-0.25, -0.2) is 4.79 Å². The molecule has 5 rings (SSSR count). The molecule has 2 aliphatic rings. The molecule has 1 saturated heterocycles. The van der Waals surface area contributed by atoms with Gasteiger partial charge in [-0.2, -0.15) is 0 Å². The summed E-state index contributed by atoms with van der Waals surface area (Å²) in [7, 11) is 1.60. The summed E-state index contributed by atoms with van der Waals surface area (Å²) in [6, 6.07) is 20.0. The first-order chi connectivity index (χ1) is 19.2. The van der Waals surface area contributed by atoms with Gasteiger partial charge in [0.25, 0.3) is 0 Å². The van der Waals surface area contributed by atoms with Crippen LogP contribution in [0.25, 0.3) is 0 Å². The SMILES string of the molecule is COc1ccc(C2=N[C@H](c3ccc(Cl)cc3)[C@H](c3cccc(C)c3)N2C(=O)N2CCNC(=O)C2)c(OC(C)C)c1. The van der Waals surface area contributed by atoms with Gasteiger partial charge in [-0.05, 0) is 56.2 Å². The van der Waals surface area contributed by atoms with Gasteiger partial charge in [-0.3, -0.25) is 14.7 Å². The molecule has 0 aromatic heterocycles. The van der Waals surface area contributed by atoms with Crippen molar-refractivity contribution in [3.05, 3.63) is 94.0 Å². The monoisotopic (exact) mass is 560 g/mol. The largest absolute Gasteiger partial charge is 0.497 e. The van der Waals surface area contributed by atoms with Crippen molar-refractivity contribution in [1.29, 1.82) is 0 Å². The zero-order valence-corrected chi connectivity index (χ0v) is 23.8. The van der Waals surface area contributed by atoms with Crippen LogP contribution in [0.4, 0.5) is 4.79 Å². The van der Waals surface area contributed by atoms with Crippen molar-refractivity contribution in [2.75, 3.05) is 26.7 Å². The number of carbonyl (C=O) groups is 2. The Morgan fingerprint density at radius 1 is 1.07 bits per heavy atom. The van der Waals surface area contributed by atoms with Crippen LogP contribution in [-0.2, 0) is 4.79 Å². The maximum Gasteiger partial charge on any atom is 0.326 e. The number of ether oxygens (including phenoxy) is 2. The number of piperazine rings is 1. The van der Waals surface area contributed by atoms with E-state index in [0.29, 0.717) is 41.0 Å². The first-order valence-electron chi connectivity index (χ1n) is 13.3. The van der Waals surface area contributed by atoms with Crippen molar-refractivity contribution in [2.24, 2.45) is 4.99 Å². The van der Waals surface area contributed by atoms with Crippen LogP contribution in [0.2, 0.25) is 5.02 Å². The lowest BCUT2D eigenvalue weighted by Gasteiger charge is -2.36. The van der Waals surface area contributed by atoms with Gasteiger partial charge in [0.2, 0.25) is 5.91 Å². The van der Waals surface area contributed by atoms with E-state index in [1.54, 1.807) is 16.9 Å². The summed E-state index contributed by atoms with van der Waals surface area (Å²) in [5.74, 6) is 1.47. The maximum absolute atomic E-state index is 14.4. The summed E-state index contributed by atoms with van der Waals surface area (Å²) in [6.07, 6.45) is -0.123.